The summed E-state index contributed by atoms with van der Waals surface area (Å²) < 4.78 is 6.45. The summed E-state index contributed by atoms with van der Waals surface area (Å²) in [5.74, 6) is 0.828. The largest absolute Gasteiger partial charge is 0.455 e. The topological polar surface area (TPSA) is 26.3 Å². The zero-order valence-corrected chi connectivity index (χ0v) is 12.1. The molecule has 0 aliphatic heterocycles. The summed E-state index contributed by atoms with van der Waals surface area (Å²) in [5, 5.41) is 0.941. The predicted molar refractivity (Wildman–Crippen MR) is 76.1 cm³/mol. The molecule has 0 radical (unpaired) electrons. The van der Waals surface area contributed by atoms with Crippen molar-refractivity contribution >= 4 is 45.4 Å². The molecule has 2 rings (SSSR count). The predicted octanol–water partition coefficient (Wildman–Crippen LogP) is 5.36. The van der Waals surface area contributed by atoms with Crippen LogP contribution in [0.15, 0.2) is 40.9 Å². The lowest BCUT2D eigenvalue weighted by Crippen LogP contribution is -1.91. The third kappa shape index (κ3) is 3.05. The third-order valence-corrected chi connectivity index (χ3v) is 3.26. The number of halogens is 3. The molecule has 2 aromatic rings. The molecule has 0 heterocycles. The van der Waals surface area contributed by atoms with Crippen molar-refractivity contribution in [2.24, 2.45) is 0 Å². The Morgan fingerprint density at radius 1 is 1.06 bits per heavy atom. The van der Waals surface area contributed by atoms with E-state index in [2.05, 4.69) is 15.9 Å². The zero-order chi connectivity index (χ0) is 13.1. The molecular formula is C13H7BrCl2O2. The van der Waals surface area contributed by atoms with E-state index in [9.17, 15) is 4.79 Å². The molecule has 5 heteroatoms. The Balaban J connectivity index is 2.41. The second-order valence-corrected chi connectivity index (χ2v) is 5.24. The standard InChI is InChI=1S/C13H7BrCl2O2/c14-9-2-4-11(16)13(5-9)18-12-6-10(15)3-1-8(12)7-17/h1-7H. The monoisotopic (exact) mass is 344 g/mol. The van der Waals surface area contributed by atoms with Gasteiger partial charge in [-0.2, -0.15) is 0 Å². The fourth-order valence-corrected chi connectivity index (χ4v) is 2.03. The van der Waals surface area contributed by atoms with Gasteiger partial charge < -0.3 is 4.74 Å². The first-order chi connectivity index (χ1) is 8.60. The van der Waals surface area contributed by atoms with Gasteiger partial charge in [-0.05, 0) is 30.3 Å². The van der Waals surface area contributed by atoms with Crippen molar-refractivity contribution in [3.63, 3.8) is 0 Å². The smallest absolute Gasteiger partial charge is 0.153 e. The van der Waals surface area contributed by atoms with Crippen LogP contribution in [0.2, 0.25) is 10.0 Å². The van der Waals surface area contributed by atoms with Crippen LogP contribution in [-0.2, 0) is 0 Å². The van der Waals surface area contributed by atoms with Crippen molar-refractivity contribution in [1.82, 2.24) is 0 Å². The highest BCUT2D eigenvalue weighted by molar-refractivity contribution is 9.10. The van der Waals surface area contributed by atoms with Crippen LogP contribution in [0.5, 0.6) is 11.5 Å². The van der Waals surface area contributed by atoms with Gasteiger partial charge in [0.05, 0.1) is 10.6 Å². The van der Waals surface area contributed by atoms with Gasteiger partial charge in [0.25, 0.3) is 0 Å². The maximum atomic E-state index is 10.9. The number of carbonyl (C=O) groups is 1. The normalized spacial score (nSPS) is 10.2. The number of hydrogen-bond acceptors (Lipinski definition) is 2. The van der Waals surface area contributed by atoms with Crippen LogP contribution in [0.3, 0.4) is 0 Å². The molecule has 2 nitrogen and oxygen atoms in total. The Bertz CT molecular complexity index is 600. The summed E-state index contributed by atoms with van der Waals surface area (Å²) >= 11 is 15.2. The Morgan fingerprint density at radius 2 is 1.83 bits per heavy atom. The highest BCUT2D eigenvalue weighted by Gasteiger charge is 2.08. The number of ether oxygens (including phenoxy) is 1. The molecule has 0 spiro atoms. The fraction of sp³-hybridized carbons (Fsp3) is 0. The van der Waals surface area contributed by atoms with Crippen molar-refractivity contribution in [2.45, 2.75) is 0 Å². The summed E-state index contributed by atoms with van der Waals surface area (Å²) in [6, 6.07) is 10.0. The zero-order valence-electron chi connectivity index (χ0n) is 8.99. The van der Waals surface area contributed by atoms with Crippen LogP contribution in [0.1, 0.15) is 10.4 Å². The van der Waals surface area contributed by atoms with Crippen molar-refractivity contribution < 1.29 is 9.53 Å². The first-order valence-electron chi connectivity index (χ1n) is 4.98. The molecule has 0 bridgehead atoms. The van der Waals surface area contributed by atoms with Gasteiger partial charge in [-0.3, -0.25) is 4.79 Å². The number of rotatable bonds is 3. The SMILES string of the molecule is O=Cc1ccc(Cl)cc1Oc1cc(Br)ccc1Cl. The van der Waals surface area contributed by atoms with E-state index in [4.69, 9.17) is 27.9 Å². The minimum absolute atomic E-state index is 0.373. The van der Waals surface area contributed by atoms with E-state index in [1.54, 1.807) is 36.4 Å². The molecular weight excluding hydrogens is 339 g/mol. The summed E-state index contributed by atoms with van der Waals surface area (Å²) in [5.41, 5.74) is 0.412. The molecule has 0 N–H and O–H groups in total. The van der Waals surface area contributed by atoms with Crippen molar-refractivity contribution in [3.05, 3.63) is 56.5 Å². The second kappa shape index (κ2) is 5.74. The van der Waals surface area contributed by atoms with Crippen molar-refractivity contribution in [2.75, 3.05) is 0 Å². The molecule has 0 aromatic heterocycles. The summed E-state index contributed by atoms with van der Waals surface area (Å²) in [7, 11) is 0. The molecule has 0 amide bonds. The lowest BCUT2D eigenvalue weighted by molar-refractivity contribution is 0.112. The van der Waals surface area contributed by atoms with E-state index in [-0.39, 0.29) is 0 Å². The van der Waals surface area contributed by atoms with Gasteiger partial charge in [0.2, 0.25) is 0 Å². The van der Waals surface area contributed by atoms with Gasteiger partial charge in [-0.15, -0.1) is 0 Å². The minimum Gasteiger partial charge on any atom is -0.455 e. The van der Waals surface area contributed by atoms with E-state index < -0.39 is 0 Å². The quantitative estimate of drug-likeness (QED) is 0.700. The molecule has 0 saturated heterocycles. The second-order valence-electron chi connectivity index (χ2n) is 3.48. The van der Waals surface area contributed by atoms with Crippen LogP contribution in [0, 0.1) is 0 Å². The van der Waals surface area contributed by atoms with Crippen molar-refractivity contribution in [1.29, 1.82) is 0 Å². The molecule has 0 atom stereocenters. The van der Waals surface area contributed by atoms with Crippen LogP contribution >= 0.6 is 39.1 Å². The van der Waals surface area contributed by atoms with Gasteiger partial charge in [0.1, 0.15) is 11.5 Å². The molecule has 0 aliphatic carbocycles. The minimum atomic E-state index is 0.373. The molecule has 92 valence electrons. The average molecular weight is 346 g/mol. The average Bonchev–Trinajstić information content (AvgIpc) is 2.34. The number of hydrogen-bond donors (Lipinski definition) is 0. The van der Waals surface area contributed by atoms with E-state index in [1.807, 2.05) is 0 Å². The maximum Gasteiger partial charge on any atom is 0.153 e. The van der Waals surface area contributed by atoms with Crippen LogP contribution in [0.25, 0.3) is 0 Å². The van der Waals surface area contributed by atoms with E-state index >= 15 is 0 Å². The van der Waals surface area contributed by atoms with Crippen LogP contribution < -0.4 is 4.74 Å². The van der Waals surface area contributed by atoms with Crippen LogP contribution in [-0.4, -0.2) is 6.29 Å². The molecule has 0 unspecified atom stereocenters. The summed E-state index contributed by atoms with van der Waals surface area (Å²) in [6.07, 6.45) is 0.706. The molecule has 0 aliphatic rings. The van der Waals surface area contributed by atoms with Gasteiger partial charge in [-0.1, -0.05) is 39.1 Å². The van der Waals surface area contributed by atoms with Gasteiger partial charge in [0.15, 0.2) is 6.29 Å². The third-order valence-electron chi connectivity index (χ3n) is 2.22. The lowest BCUT2D eigenvalue weighted by Gasteiger charge is -2.10. The highest BCUT2D eigenvalue weighted by atomic mass is 79.9. The molecule has 2 aromatic carbocycles. The van der Waals surface area contributed by atoms with Gasteiger partial charge in [0, 0.05) is 15.6 Å². The Labute approximate surface area is 123 Å². The summed E-state index contributed by atoms with van der Waals surface area (Å²) in [6.45, 7) is 0. The Hall–Kier alpha value is -1.03. The Morgan fingerprint density at radius 3 is 2.56 bits per heavy atom. The number of benzene rings is 2. The summed E-state index contributed by atoms with van der Waals surface area (Å²) in [4.78, 5) is 10.9. The van der Waals surface area contributed by atoms with E-state index in [1.165, 1.54) is 0 Å². The van der Waals surface area contributed by atoms with Crippen LogP contribution in [0.4, 0.5) is 0 Å². The van der Waals surface area contributed by atoms with Gasteiger partial charge in [-0.25, -0.2) is 0 Å². The highest BCUT2D eigenvalue weighted by Crippen LogP contribution is 2.34. The van der Waals surface area contributed by atoms with Gasteiger partial charge >= 0.3 is 0 Å². The lowest BCUT2D eigenvalue weighted by atomic mass is 10.2. The number of aldehydes is 1. The van der Waals surface area contributed by atoms with E-state index in [0.29, 0.717) is 33.4 Å². The fourth-order valence-electron chi connectivity index (χ4n) is 1.37. The molecule has 0 saturated carbocycles. The van der Waals surface area contributed by atoms with E-state index in [0.717, 1.165) is 4.47 Å². The first kappa shape index (κ1) is 13.4. The first-order valence-corrected chi connectivity index (χ1v) is 6.52. The molecule has 18 heavy (non-hydrogen) atoms. The Kier molecular flexibility index (Phi) is 4.27. The van der Waals surface area contributed by atoms with Crippen molar-refractivity contribution in [3.8, 4) is 11.5 Å². The maximum absolute atomic E-state index is 10.9. The molecule has 0 fully saturated rings. The number of carbonyl (C=O) groups excluding carboxylic acids is 1.